The van der Waals surface area contributed by atoms with Gasteiger partial charge in [-0.2, -0.15) is 4.98 Å². The second-order valence-corrected chi connectivity index (χ2v) is 3.87. The van der Waals surface area contributed by atoms with Gasteiger partial charge in [-0.1, -0.05) is 12.1 Å². The van der Waals surface area contributed by atoms with Crippen LogP contribution in [0.2, 0.25) is 0 Å². The minimum absolute atomic E-state index is 0.0494. The molecule has 92 valence electrons. The number of hydrogen-bond donors (Lipinski definition) is 1. The zero-order chi connectivity index (χ0) is 12.3. The molecular weight excluding hydrogens is 224 g/mol. The summed E-state index contributed by atoms with van der Waals surface area (Å²) in [6, 6.07) is -0.404. The largest absolute Gasteiger partial charge is 0.343 e. The molecule has 0 saturated carbocycles. The van der Waals surface area contributed by atoms with E-state index in [1.807, 2.05) is 6.92 Å². The zero-order valence-corrected chi connectivity index (χ0v) is 9.55. The van der Waals surface area contributed by atoms with Crippen molar-refractivity contribution in [3.05, 3.63) is 12.2 Å². The van der Waals surface area contributed by atoms with Crippen molar-refractivity contribution in [1.29, 1.82) is 0 Å². The minimum Gasteiger partial charge on any atom is -0.343 e. The Hall–Kier alpha value is -1.92. The van der Waals surface area contributed by atoms with Crippen LogP contribution in [0.3, 0.4) is 0 Å². The van der Waals surface area contributed by atoms with Crippen molar-refractivity contribution in [2.45, 2.75) is 25.8 Å². The van der Waals surface area contributed by atoms with E-state index in [9.17, 15) is 9.59 Å². The lowest BCUT2D eigenvalue weighted by atomic mass is 10.1. The third-order valence-corrected chi connectivity index (χ3v) is 2.69. The number of piperazine rings is 1. The lowest BCUT2D eigenvalue weighted by molar-refractivity contribution is -0.144. The zero-order valence-electron chi connectivity index (χ0n) is 9.55. The Labute approximate surface area is 98.2 Å². The number of carbonyl (C=O) groups is 2. The lowest BCUT2D eigenvalue weighted by Crippen LogP contribution is -2.58. The summed E-state index contributed by atoms with van der Waals surface area (Å²) < 4.78 is 4.84. The van der Waals surface area contributed by atoms with Crippen LogP contribution in [0.25, 0.3) is 0 Å². The van der Waals surface area contributed by atoms with Crippen molar-refractivity contribution in [1.82, 2.24) is 20.4 Å². The number of rotatable bonds is 4. The van der Waals surface area contributed by atoms with E-state index in [-0.39, 0.29) is 18.4 Å². The molecule has 1 unspecified atom stereocenters. The molecule has 7 nitrogen and oxygen atoms in total. The molecule has 2 rings (SSSR count). The highest BCUT2D eigenvalue weighted by Crippen LogP contribution is 2.06. The maximum Gasteiger partial charge on any atom is 0.245 e. The highest BCUT2D eigenvalue weighted by molar-refractivity contribution is 5.94. The first-order valence-corrected chi connectivity index (χ1v) is 5.54. The highest BCUT2D eigenvalue weighted by Gasteiger charge is 2.31. The molecule has 1 fully saturated rings. The Morgan fingerprint density at radius 1 is 1.59 bits per heavy atom. The standard InChI is InChI=1S/C10H14N4O3/c1-2-7-10(16)14(5-8(15)13-7)4-3-9-11-6-12-17-9/h6-7H,2-5H2,1H3,(H,13,15). The van der Waals surface area contributed by atoms with E-state index in [0.29, 0.717) is 25.3 Å². The molecule has 0 spiro atoms. The summed E-state index contributed by atoms with van der Waals surface area (Å²) in [5, 5.41) is 6.14. The van der Waals surface area contributed by atoms with Crippen LogP contribution in [-0.4, -0.2) is 46.0 Å². The molecule has 1 saturated heterocycles. The lowest BCUT2D eigenvalue weighted by Gasteiger charge is -2.31. The summed E-state index contributed by atoms with van der Waals surface area (Å²) in [7, 11) is 0. The fourth-order valence-corrected chi connectivity index (χ4v) is 1.78. The normalized spacial score (nSPS) is 20.5. The molecule has 1 aliphatic rings. The van der Waals surface area contributed by atoms with Crippen LogP contribution in [0.4, 0.5) is 0 Å². The SMILES string of the molecule is CCC1NC(=O)CN(CCc2ncno2)C1=O. The molecule has 0 aromatic carbocycles. The monoisotopic (exact) mass is 238 g/mol. The van der Waals surface area contributed by atoms with Gasteiger partial charge in [0.2, 0.25) is 17.7 Å². The summed E-state index contributed by atoms with van der Waals surface area (Å²) in [5.41, 5.74) is 0. The first kappa shape index (κ1) is 11.6. The Morgan fingerprint density at radius 3 is 3.06 bits per heavy atom. The smallest absolute Gasteiger partial charge is 0.245 e. The van der Waals surface area contributed by atoms with Crippen molar-refractivity contribution in [3.63, 3.8) is 0 Å². The molecule has 7 heteroatoms. The van der Waals surface area contributed by atoms with E-state index in [2.05, 4.69) is 15.5 Å². The fourth-order valence-electron chi connectivity index (χ4n) is 1.78. The predicted octanol–water partition coefficient (Wildman–Crippen LogP) is -0.651. The van der Waals surface area contributed by atoms with Crippen LogP contribution in [0.15, 0.2) is 10.9 Å². The van der Waals surface area contributed by atoms with Crippen LogP contribution in [0.1, 0.15) is 19.2 Å². The van der Waals surface area contributed by atoms with Gasteiger partial charge in [-0.25, -0.2) is 0 Å². The Morgan fingerprint density at radius 2 is 2.41 bits per heavy atom. The van der Waals surface area contributed by atoms with Gasteiger partial charge in [0.25, 0.3) is 0 Å². The van der Waals surface area contributed by atoms with E-state index in [1.165, 1.54) is 11.2 Å². The molecular formula is C10H14N4O3. The summed E-state index contributed by atoms with van der Waals surface area (Å²) in [5.74, 6) is 0.297. The molecule has 0 radical (unpaired) electrons. The van der Waals surface area contributed by atoms with E-state index in [4.69, 9.17) is 4.52 Å². The molecule has 1 aliphatic heterocycles. The van der Waals surface area contributed by atoms with Crippen molar-refractivity contribution in [3.8, 4) is 0 Å². The fraction of sp³-hybridized carbons (Fsp3) is 0.600. The molecule has 1 N–H and O–H groups in total. The third kappa shape index (κ3) is 2.61. The Kier molecular flexibility index (Phi) is 3.36. The molecule has 0 bridgehead atoms. The molecule has 17 heavy (non-hydrogen) atoms. The maximum atomic E-state index is 11.9. The Bertz CT molecular complexity index is 404. The number of carbonyl (C=O) groups excluding carboxylic acids is 2. The molecule has 1 aromatic heterocycles. The Balaban J connectivity index is 1.94. The first-order chi connectivity index (χ1) is 8.20. The molecule has 0 aliphatic carbocycles. The van der Waals surface area contributed by atoms with Gasteiger partial charge >= 0.3 is 0 Å². The van der Waals surface area contributed by atoms with Gasteiger partial charge in [0.15, 0.2) is 6.33 Å². The first-order valence-electron chi connectivity index (χ1n) is 5.54. The van der Waals surface area contributed by atoms with Gasteiger partial charge < -0.3 is 14.7 Å². The average molecular weight is 238 g/mol. The van der Waals surface area contributed by atoms with Crippen LogP contribution in [-0.2, 0) is 16.0 Å². The van der Waals surface area contributed by atoms with E-state index < -0.39 is 6.04 Å². The minimum atomic E-state index is -0.404. The number of nitrogens with one attached hydrogen (secondary N) is 1. The molecule has 1 atom stereocenters. The van der Waals surface area contributed by atoms with Crippen molar-refractivity contribution >= 4 is 11.8 Å². The molecule has 2 amide bonds. The quantitative estimate of drug-likeness (QED) is 0.753. The van der Waals surface area contributed by atoms with Crippen molar-refractivity contribution in [2.75, 3.05) is 13.1 Å². The van der Waals surface area contributed by atoms with E-state index in [1.54, 1.807) is 0 Å². The third-order valence-electron chi connectivity index (χ3n) is 2.69. The van der Waals surface area contributed by atoms with Crippen LogP contribution < -0.4 is 5.32 Å². The summed E-state index contributed by atoms with van der Waals surface area (Å²) in [4.78, 5) is 28.7. The highest BCUT2D eigenvalue weighted by atomic mass is 16.5. The van der Waals surface area contributed by atoms with Gasteiger partial charge in [0.1, 0.15) is 6.04 Å². The van der Waals surface area contributed by atoms with Gasteiger partial charge in [0.05, 0.1) is 6.54 Å². The van der Waals surface area contributed by atoms with Gasteiger partial charge in [0, 0.05) is 13.0 Å². The number of hydrogen-bond acceptors (Lipinski definition) is 5. The number of aromatic nitrogens is 2. The van der Waals surface area contributed by atoms with E-state index in [0.717, 1.165) is 0 Å². The number of amides is 2. The average Bonchev–Trinajstić information content (AvgIpc) is 2.82. The van der Waals surface area contributed by atoms with Crippen LogP contribution >= 0.6 is 0 Å². The van der Waals surface area contributed by atoms with Gasteiger partial charge in [-0.3, -0.25) is 9.59 Å². The topological polar surface area (TPSA) is 88.3 Å². The van der Waals surface area contributed by atoms with Crippen LogP contribution in [0, 0.1) is 0 Å². The van der Waals surface area contributed by atoms with Gasteiger partial charge in [-0.15, -0.1) is 0 Å². The van der Waals surface area contributed by atoms with Crippen molar-refractivity contribution in [2.24, 2.45) is 0 Å². The van der Waals surface area contributed by atoms with Gasteiger partial charge in [-0.05, 0) is 6.42 Å². The summed E-state index contributed by atoms with van der Waals surface area (Å²) in [6.07, 6.45) is 2.38. The second kappa shape index (κ2) is 4.94. The number of nitrogens with zero attached hydrogens (tertiary/aromatic N) is 3. The van der Waals surface area contributed by atoms with Crippen molar-refractivity contribution < 1.29 is 14.1 Å². The molecule has 2 heterocycles. The maximum absolute atomic E-state index is 11.9. The second-order valence-electron chi connectivity index (χ2n) is 3.87. The van der Waals surface area contributed by atoms with E-state index >= 15 is 0 Å². The predicted molar refractivity (Wildman–Crippen MR) is 56.8 cm³/mol. The summed E-state index contributed by atoms with van der Waals surface area (Å²) in [6.45, 7) is 2.39. The summed E-state index contributed by atoms with van der Waals surface area (Å²) >= 11 is 0. The molecule has 1 aromatic rings. The van der Waals surface area contributed by atoms with Crippen LogP contribution in [0.5, 0.6) is 0 Å².